The molecule has 1 N–H and O–H groups in total. The second-order valence-corrected chi connectivity index (χ2v) is 10.6. The first-order valence-corrected chi connectivity index (χ1v) is 13.7. The van der Waals surface area contributed by atoms with Gasteiger partial charge in [0.05, 0.1) is 10.9 Å². The van der Waals surface area contributed by atoms with E-state index in [0.29, 0.717) is 30.4 Å². The third kappa shape index (κ3) is 5.47. The summed E-state index contributed by atoms with van der Waals surface area (Å²) in [4.78, 5) is 54.7. The van der Waals surface area contributed by atoms with Crippen LogP contribution in [0.4, 0.5) is 5.69 Å². The molecule has 4 aromatic rings. The van der Waals surface area contributed by atoms with Gasteiger partial charge in [0, 0.05) is 31.7 Å². The van der Waals surface area contributed by atoms with E-state index in [9.17, 15) is 19.2 Å². The average Bonchev–Trinajstić information content (AvgIpc) is 2.94. The Labute approximate surface area is 232 Å². The predicted octanol–water partition coefficient (Wildman–Crippen LogP) is 4.09. The van der Waals surface area contributed by atoms with Crippen molar-refractivity contribution in [1.82, 2.24) is 14.0 Å². The molecule has 3 aromatic carbocycles. The van der Waals surface area contributed by atoms with Gasteiger partial charge >= 0.3 is 5.69 Å². The van der Waals surface area contributed by atoms with Crippen molar-refractivity contribution >= 4 is 28.4 Å². The van der Waals surface area contributed by atoms with Crippen LogP contribution in [0, 0.1) is 20.8 Å². The van der Waals surface area contributed by atoms with E-state index in [2.05, 4.69) is 11.4 Å². The number of benzene rings is 3. The van der Waals surface area contributed by atoms with Gasteiger partial charge in [-0.25, -0.2) is 4.79 Å². The van der Waals surface area contributed by atoms with Gasteiger partial charge in [0.25, 0.3) is 5.56 Å². The molecule has 1 aromatic heterocycles. The molecule has 206 valence electrons. The minimum Gasteiger partial charge on any atom is -0.338 e. The molecule has 0 aliphatic carbocycles. The van der Waals surface area contributed by atoms with Crippen LogP contribution in [0.15, 0.2) is 70.3 Å². The Balaban J connectivity index is 1.34. The lowest BCUT2D eigenvalue weighted by molar-refractivity contribution is -0.132. The smallest absolute Gasteiger partial charge is 0.331 e. The maximum absolute atomic E-state index is 13.5. The van der Waals surface area contributed by atoms with Crippen molar-refractivity contribution in [1.29, 1.82) is 0 Å². The van der Waals surface area contributed by atoms with Crippen molar-refractivity contribution < 1.29 is 9.59 Å². The second kappa shape index (κ2) is 11.3. The Bertz CT molecular complexity index is 1710. The second-order valence-electron chi connectivity index (χ2n) is 10.6. The van der Waals surface area contributed by atoms with Crippen LogP contribution in [0.25, 0.3) is 10.9 Å². The van der Waals surface area contributed by atoms with Crippen LogP contribution >= 0.6 is 0 Å². The van der Waals surface area contributed by atoms with E-state index in [1.165, 1.54) is 10.1 Å². The van der Waals surface area contributed by atoms with Gasteiger partial charge < -0.3 is 10.2 Å². The molecule has 0 atom stereocenters. The maximum Gasteiger partial charge on any atom is 0.331 e. The normalized spacial score (nSPS) is 12.8. The number of carbonyl (C=O) groups excluding carboxylic acids is 2. The highest BCUT2D eigenvalue weighted by atomic mass is 16.2. The van der Waals surface area contributed by atoms with Gasteiger partial charge in [0.2, 0.25) is 11.8 Å². The van der Waals surface area contributed by atoms with Crippen LogP contribution in [-0.2, 0) is 35.6 Å². The van der Waals surface area contributed by atoms with Crippen molar-refractivity contribution in [2.45, 2.75) is 59.7 Å². The molecule has 0 unspecified atom stereocenters. The molecule has 1 aliphatic rings. The molecule has 0 spiro atoms. The minimum atomic E-state index is -0.560. The zero-order valence-electron chi connectivity index (χ0n) is 23.2. The number of fused-ring (bicyclic) bond motifs is 2. The van der Waals surface area contributed by atoms with Crippen molar-refractivity contribution in [3.8, 4) is 0 Å². The third-order valence-corrected chi connectivity index (χ3v) is 7.63. The number of hydrogen-bond acceptors (Lipinski definition) is 4. The van der Waals surface area contributed by atoms with Crippen LogP contribution in [0.3, 0.4) is 0 Å². The Kier molecular flexibility index (Phi) is 7.69. The number of nitrogens with one attached hydrogen (secondary N) is 1. The van der Waals surface area contributed by atoms with Gasteiger partial charge in [0.15, 0.2) is 0 Å². The number of aryl methyl sites for hydroxylation is 3. The lowest BCUT2D eigenvalue weighted by atomic mass is 9.99. The average molecular weight is 539 g/mol. The van der Waals surface area contributed by atoms with Crippen molar-refractivity contribution in [3.63, 3.8) is 0 Å². The lowest BCUT2D eigenvalue weighted by Gasteiger charge is -2.29. The van der Waals surface area contributed by atoms with Gasteiger partial charge in [-0.2, -0.15) is 0 Å². The summed E-state index contributed by atoms with van der Waals surface area (Å²) in [6.07, 6.45) is 1.40. The number of rotatable bonds is 7. The Morgan fingerprint density at radius 2 is 1.55 bits per heavy atom. The van der Waals surface area contributed by atoms with Gasteiger partial charge in [-0.15, -0.1) is 0 Å². The molecule has 8 heteroatoms. The number of para-hydroxylation sites is 1. The van der Waals surface area contributed by atoms with E-state index in [-0.39, 0.29) is 31.3 Å². The van der Waals surface area contributed by atoms with Crippen LogP contribution in [0.2, 0.25) is 0 Å². The first kappa shape index (κ1) is 27.1. The Morgan fingerprint density at radius 3 is 2.30 bits per heavy atom. The Hall–Kier alpha value is -4.46. The quantitative estimate of drug-likeness (QED) is 0.384. The van der Waals surface area contributed by atoms with Gasteiger partial charge in [-0.3, -0.25) is 23.5 Å². The summed E-state index contributed by atoms with van der Waals surface area (Å²) < 4.78 is 2.49. The van der Waals surface area contributed by atoms with E-state index >= 15 is 0 Å². The summed E-state index contributed by atoms with van der Waals surface area (Å²) >= 11 is 0. The summed E-state index contributed by atoms with van der Waals surface area (Å²) in [5.74, 6) is -0.347. The van der Waals surface area contributed by atoms with E-state index in [0.717, 1.165) is 38.9 Å². The number of nitrogens with zero attached hydrogens (tertiary/aromatic N) is 3. The van der Waals surface area contributed by atoms with Crippen LogP contribution in [0.5, 0.6) is 0 Å². The molecule has 0 saturated carbocycles. The van der Waals surface area contributed by atoms with Crippen LogP contribution in [-0.4, -0.2) is 32.4 Å². The van der Waals surface area contributed by atoms with Crippen LogP contribution < -0.4 is 16.6 Å². The number of aromatic nitrogens is 2. The highest BCUT2D eigenvalue weighted by Gasteiger charge is 2.21. The molecule has 8 nitrogen and oxygen atoms in total. The summed E-state index contributed by atoms with van der Waals surface area (Å²) in [5.41, 5.74) is 5.56. The lowest BCUT2D eigenvalue weighted by Crippen LogP contribution is -2.42. The summed E-state index contributed by atoms with van der Waals surface area (Å²) in [6, 6.07) is 18.9. The number of anilines is 1. The fraction of sp³-hybridized carbons (Fsp3) is 0.312. The molecule has 2 amide bonds. The zero-order chi connectivity index (χ0) is 28.4. The van der Waals surface area contributed by atoms with Crippen LogP contribution in [0.1, 0.15) is 40.7 Å². The first-order valence-electron chi connectivity index (χ1n) is 13.7. The SMILES string of the molecule is Cc1cc(C)c(NC(=O)Cn2c(=O)n(CCCC(=O)N3CCc4ccccc4C3)c(=O)c3ccccc32)c(C)c1. The van der Waals surface area contributed by atoms with E-state index in [1.807, 2.05) is 56.0 Å². The topological polar surface area (TPSA) is 93.4 Å². The van der Waals surface area contributed by atoms with Gasteiger partial charge in [-0.05, 0) is 68.0 Å². The standard InChI is InChI=1S/C32H34N4O4/c1-21-17-22(2)30(23(3)18-21)33-28(37)20-36-27-12-7-6-11-26(27)31(39)35(32(36)40)15-8-13-29(38)34-16-14-24-9-4-5-10-25(24)19-34/h4-7,9-12,17-18H,8,13-16,19-20H2,1-3H3,(H,33,37). The zero-order valence-corrected chi connectivity index (χ0v) is 23.2. The number of hydrogen-bond donors (Lipinski definition) is 1. The number of amides is 2. The predicted molar refractivity (Wildman–Crippen MR) is 157 cm³/mol. The van der Waals surface area contributed by atoms with Gasteiger partial charge in [0.1, 0.15) is 6.54 Å². The summed E-state index contributed by atoms with van der Waals surface area (Å²) in [5, 5.41) is 3.30. The van der Waals surface area contributed by atoms with Crippen molar-refractivity contribution in [2.24, 2.45) is 0 Å². The highest BCUT2D eigenvalue weighted by molar-refractivity contribution is 5.93. The summed E-state index contributed by atoms with van der Waals surface area (Å²) in [6.45, 7) is 6.96. The molecular formula is C32H34N4O4. The first-order chi connectivity index (χ1) is 19.2. The Morgan fingerprint density at radius 1 is 0.875 bits per heavy atom. The third-order valence-electron chi connectivity index (χ3n) is 7.63. The fourth-order valence-electron chi connectivity index (χ4n) is 5.68. The largest absolute Gasteiger partial charge is 0.338 e. The molecule has 40 heavy (non-hydrogen) atoms. The van der Waals surface area contributed by atoms with Crippen molar-refractivity contribution in [2.75, 3.05) is 11.9 Å². The molecule has 2 heterocycles. The fourth-order valence-corrected chi connectivity index (χ4v) is 5.68. The monoisotopic (exact) mass is 538 g/mol. The molecule has 0 saturated heterocycles. The van der Waals surface area contributed by atoms with Gasteiger partial charge in [-0.1, -0.05) is 54.1 Å². The molecule has 0 radical (unpaired) electrons. The highest BCUT2D eigenvalue weighted by Crippen LogP contribution is 2.22. The molecule has 1 aliphatic heterocycles. The molecule has 0 fully saturated rings. The van der Waals surface area contributed by atoms with E-state index < -0.39 is 11.2 Å². The van der Waals surface area contributed by atoms with E-state index in [4.69, 9.17) is 0 Å². The minimum absolute atomic E-state index is 0.00637. The molecule has 0 bridgehead atoms. The molecular weight excluding hydrogens is 504 g/mol. The summed E-state index contributed by atoms with van der Waals surface area (Å²) in [7, 11) is 0. The van der Waals surface area contributed by atoms with E-state index in [1.54, 1.807) is 24.3 Å². The van der Waals surface area contributed by atoms with Crippen molar-refractivity contribution in [3.05, 3.63) is 109 Å². The molecule has 5 rings (SSSR count). The number of carbonyl (C=O) groups is 2. The maximum atomic E-state index is 13.5.